The molecule has 6 heteroatoms. The molecule has 1 N–H and O–H groups in total. The lowest BCUT2D eigenvalue weighted by Gasteiger charge is -2.13. The maximum Gasteiger partial charge on any atom is 0.249 e. The second kappa shape index (κ2) is 9.08. The van der Waals surface area contributed by atoms with Crippen molar-refractivity contribution < 1.29 is 14.3 Å². The molecule has 0 saturated carbocycles. The van der Waals surface area contributed by atoms with Gasteiger partial charge in [0.05, 0.1) is 19.9 Å². The Hall–Kier alpha value is -2.76. The van der Waals surface area contributed by atoms with Crippen molar-refractivity contribution in [1.29, 1.82) is 0 Å². The molecule has 0 atom stereocenters. The van der Waals surface area contributed by atoms with Gasteiger partial charge in [0.25, 0.3) is 0 Å². The number of anilines is 1. The van der Waals surface area contributed by atoms with Crippen molar-refractivity contribution >= 4 is 17.8 Å². The van der Waals surface area contributed by atoms with Crippen LogP contribution in [-0.4, -0.2) is 29.4 Å². The Labute approximate surface area is 154 Å². The summed E-state index contributed by atoms with van der Waals surface area (Å²) in [7, 11) is 1.60. The number of nitrogens with zero attached hydrogens (tertiary/aromatic N) is 2. The van der Waals surface area contributed by atoms with Crippen LogP contribution in [0.5, 0.6) is 11.5 Å². The molecule has 1 heterocycles. The standard InChI is InChI=1S/C20H27N3O3/c1-14(2)13-26-17-8-6-16(12-18(17)25-5)7-9-20(24)22-19-10-11-21-23(19)15(3)4/h6-12,14-15H,13H2,1-5H3,(H,22,24)/b9-7+. The lowest BCUT2D eigenvalue weighted by molar-refractivity contribution is -0.111. The number of rotatable bonds is 8. The first-order valence-electron chi connectivity index (χ1n) is 8.74. The number of aromatic nitrogens is 2. The van der Waals surface area contributed by atoms with E-state index >= 15 is 0 Å². The van der Waals surface area contributed by atoms with E-state index in [2.05, 4.69) is 24.3 Å². The number of amides is 1. The van der Waals surface area contributed by atoms with Gasteiger partial charge in [-0.25, -0.2) is 4.68 Å². The zero-order valence-corrected chi connectivity index (χ0v) is 16.0. The molecule has 6 nitrogen and oxygen atoms in total. The number of carbonyl (C=O) groups excluding carboxylic acids is 1. The van der Waals surface area contributed by atoms with E-state index in [0.717, 1.165) is 5.56 Å². The smallest absolute Gasteiger partial charge is 0.249 e. The SMILES string of the molecule is COc1cc(/C=C/C(=O)Nc2ccnn2C(C)C)ccc1OCC(C)C. The molecule has 140 valence electrons. The summed E-state index contributed by atoms with van der Waals surface area (Å²) in [5.74, 6) is 2.23. The van der Waals surface area contributed by atoms with Crippen LogP contribution in [0.25, 0.3) is 6.08 Å². The highest BCUT2D eigenvalue weighted by Crippen LogP contribution is 2.29. The van der Waals surface area contributed by atoms with Crippen LogP contribution in [0, 0.1) is 5.92 Å². The first-order valence-corrected chi connectivity index (χ1v) is 8.74. The molecule has 1 amide bonds. The second-order valence-corrected chi connectivity index (χ2v) is 6.69. The fourth-order valence-electron chi connectivity index (χ4n) is 2.33. The van der Waals surface area contributed by atoms with Crippen LogP contribution in [0.1, 0.15) is 39.3 Å². The highest BCUT2D eigenvalue weighted by Gasteiger charge is 2.08. The molecule has 0 radical (unpaired) electrons. The average molecular weight is 357 g/mol. The first-order chi connectivity index (χ1) is 12.4. The number of hydrogen-bond donors (Lipinski definition) is 1. The van der Waals surface area contributed by atoms with E-state index in [9.17, 15) is 4.79 Å². The van der Waals surface area contributed by atoms with Crippen molar-refractivity contribution in [2.24, 2.45) is 5.92 Å². The van der Waals surface area contributed by atoms with Gasteiger partial charge in [0.15, 0.2) is 11.5 Å². The Balaban J connectivity index is 2.04. The van der Waals surface area contributed by atoms with Crippen molar-refractivity contribution in [3.63, 3.8) is 0 Å². The number of hydrogen-bond acceptors (Lipinski definition) is 4. The average Bonchev–Trinajstić information content (AvgIpc) is 3.06. The molecule has 0 spiro atoms. The minimum Gasteiger partial charge on any atom is -0.493 e. The summed E-state index contributed by atoms with van der Waals surface area (Å²) < 4.78 is 12.9. The maximum absolute atomic E-state index is 12.2. The first kappa shape index (κ1) is 19.6. The van der Waals surface area contributed by atoms with E-state index in [0.29, 0.717) is 29.8 Å². The van der Waals surface area contributed by atoms with Crippen molar-refractivity contribution in [3.8, 4) is 11.5 Å². The largest absolute Gasteiger partial charge is 0.493 e. The number of methoxy groups -OCH3 is 1. The van der Waals surface area contributed by atoms with Crippen LogP contribution in [-0.2, 0) is 4.79 Å². The summed E-state index contributed by atoms with van der Waals surface area (Å²) in [6, 6.07) is 7.53. The molecule has 0 saturated heterocycles. The molecule has 2 rings (SSSR count). The van der Waals surface area contributed by atoms with Gasteiger partial charge >= 0.3 is 0 Å². The third-order valence-electron chi connectivity index (χ3n) is 3.60. The summed E-state index contributed by atoms with van der Waals surface area (Å²) in [4.78, 5) is 12.2. The van der Waals surface area contributed by atoms with Crippen LogP contribution >= 0.6 is 0 Å². The van der Waals surface area contributed by atoms with Crippen LogP contribution in [0.4, 0.5) is 5.82 Å². The van der Waals surface area contributed by atoms with Gasteiger partial charge in [-0.05, 0) is 43.5 Å². The van der Waals surface area contributed by atoms with E-state index < -0.39 is 0 Å². The van der Waals surface area contributed by atoms with Crippen LogP contribution < -0.4 is 14.8 Å². The predicted octanol–water partition coefficient (Wildman–Crippen LogP) is 4.16. The van der Waals surface area contributed by atoms with Gasteiger partial charge in [-0.3, -0.25) is 4.79 Å². The summed E-state index contributed by atoms with van der Waals surface area (Å²) in [5.41, 5.74) is 0.853. The molecule has 0 aliphatic heterocycles. The summed E-state index contributed by atoms with van der Waals surface area (Å²) in [6.45, 7) is 8.82. The molecule has 0 unspecified atom stereocenters. The maximum atomic E-state index is 12.2. The third-order valence-corrected chi connectivity index (χ3v) is 3.60. The molecular weight excluding hydrogens is 330 g/mol. The highest BCUT2D eigenvalue weighted by molar-refractivity contribution is 6.01. The van der Waals surface area contributed by atoms with E-state index in [4.69, 9.17) is 9.47 Å². The summed E-state index contributed by atoms with van der Waals surface area (Å²) in [6.07, 6.45) is 4.89. The van der Waals surface area contributed by atoms with Crippen LogP contribution in [0.2, 0.25) is 0 Å². The lowest BCUT2D eigenvalue weighted by Crippen LogP contribution is -2.14. The van der Waals surface area contributed by atoms with Gasteiger partial charge in [0.1, 0.15) is 5.82 Å². The lowest BCUT2D eigenvalue weighted by atomic mass is 10.2. The molecule has 26 heavy (non-hydrogen) atoms. The quantitative estimate of drug-likeness (QED) is 0.721. The molecule has 0 fully saturated rings. The topological polar surface area (TPSA) is 65.4 Å². The fraction of sp³-hybridized carbons (Fsp3) is 0.400. The van der Waals surface area contributed by atoms with Gasteiger partial charge in [0.2, 0.25) is 5.91 Å². The Morgan fingerprint density at radius 2 is 2.00 bits per heavy atom. The molecule has 0 bridgehead atoms. The van der Waals surface area contributed by atoms with Crippen LogP contribution in [0.3, 0.4) is 0 Å². The minimum absolute atomic E-state index is 0.173. The van der Waals surface area contributed by atoms with Gasteiger partial charge in [-0.2, -0.15) is 5.10 Å². The van der Waals surface area contributed by atoms with Gasteiger partial charge < -0.3 is 14.8 Å². The molecule has 2 aromatic rings. The van der Waals surface area contributed by atoms with E-state index in [1.807, 2.05) is 32.0 Å². The molecule has 1 aromatic carbocycles. The summed E-state index contributed by atoms with van der Waals surface area (Å²) in [5, 5.41) is 7.03. The van der Waals surface area contributed by atoms with Gasteiger partial charge in [0, 0.05) is 18.2 Å². The Morgan fingerprint density at radius 1 is 1.23 bits per heavy atom. The second-order valence-electron chi connectivity index (χ2n) is 6.69. The number of ether oxygens (including phenoxy) is 2. The summed E-state index contributed by atoms with van der Waals surface area (Å²) >= 11 is 0. The van der Waals surface area contributed by atoms with Gasteiger partial charge in [-0.1, -0.05) is 19.9 Å². The Morgan fingerprint density at radius 3 is 2.65 bits per heavy atom. The molecule has 0 aliphatic carbocycles. The number of benzene rings is 1. The van der Waals surface area contributed by atoms with Crippen molar-refractivity contribution in [3.05, 3.63) is 42.1 Å². The minimum atomic E-state index is -0.216. The molecule has 0 aliphatic rings. The third kappa shape index (κ3) is 5.37. The van der Waals surface area contributed by atoms with E-state index in [1.165, 1.54) is 6.08 Å². The Kier molecular flexibility index (Phi) is 6.83. The van der Waals surface area contributed by atoms with Crippen molar-refractivity contribution in [2.75, 3.05) is 19.0 Å². The van der Waals surface area contributed by atoms with E-state index in [1.54, 1.807) is 30.1 Å². The van der Waals surface area contributed by atoms with E-state index in [-0.39, 0.29) is 11.9 Å². The molecular formula is C20H27N3O3. The van der Waals surface area contributed by atoms with Crippen LogP contribution in [0.15, 0.2) is 36.5 Å². The number of carbonyl (C=O) groups is 1. The van der Waals surface area contributed by atoms with Crippen molar-refractivity contribution in [2.45, 2.75) is 33.7 Å². The monoisotopic (exact) mass is 357 g/mol. The highest BCUT2D eigenvalue weighted by atomic mass is 16.5. The Bertz CT molecular complexity index is 763. The normalized spacial score (nSPS) is 11.3. The number of nitrogens with one attached hydrogen (secondary N) is 1. The predicted molar refractivity (Wildman–Crippen MR) is 104 cm³/mol. The zero-order valence-electron chi connectivity index (χ0n) is 16.0. The van der Waals surface area contributed by atoms with Gasteiger partial charge in [-0.15, -0.1) is 0 Å². The zero-order chi connectivity index (χ0) is 19.1. The van der Waals surface area contributed by atoms with Crippen molar-refractivity contribution in [1.82, 2.24) is 9.78 Å². The fourth-order valence-corrected chi connectivity index (χ4v) is 2.33. The molecule has 1 aromatic heterocycles.